The Hall–Kier alpha value is -0.840. The summed E-state index contributed by atoms with van der Waals surface area (Å²) in [4.78, 5) is 4.24. The number of piperidine rings is 1. The van der Waals surface area contributed by atoms with Crippen molar-refractivity contribution in [3.63, 3.8) is 0 Å². The monoisotopic (exact) mass is 241 g/mol. The zero-order chi connectivity index (χ0) is 10.3. The molecule has 1 aromatic heterocycles. The fourth-order valence-corrected chi connectivity index (χ4v) is 2.53. The summed E-state index contributed by atoms with van der Waals surface area (Å²) in [6.07, 6.45) is 3.68. The molecule has 88 valence electrons. The van der Waals surface area contributed by atoms with Crippen molar-refractivity contribution in [3.05, 3.63) is 23.9 Å². The number of nitrogens with one attached hydrogen (secondary N) is 1. The van der Waals surface area contributed by atoms with Crippen molar-refractivity contribution in [2.45, 2.75) is 24.5 Å². The molecular weight excluding hydrogens is 226 g/mol. The van der Waals surface area contributed by atoms with Crippen LogP contribution in [0.5, 0.6) is 5.88 Å². The van der Waals surface area contributed by atoms with E-state index >= 15 is 0 Å². The first-order chi connectivity index (χ1) is 7.32. The Labute approximate surface area is 101 Å². The molecule has 4 nitrogen and oxygen atoms in total. The standard InChI is InChI=1S/C11H15N3O.ClH/c12-9-8-2-1-5-14-10(8)15-11(9)3-6-13-7-4-11;/h1-2,5,9,13H,3-4,6-7,12H2;1H/t9-;/m1./s1. The van der Waals surface area contributed by atoms with Crippen LogP contribution in [0.4, 0.5) is 0 Å². The Kier molecular flexibility index (Phi) is 3.06. The zero-order valence-corrected chi connectivity index (χ0v) is 9.80. The maximum absolute atomic E-state index is 6.26. The third-order valence-electron chi connectivity index (χ3n) is 3.45. The minimum absolute atomic E-state index is 0. The van der Waals surface area contributed by atoms with Gasteiger partial charge in [-0.05, 0) is 19.2 Å². The molecule has 0 amide bonds. The summed E-state index contributed by atoms with van der Waals surface area (Å²) in [6, 6.07) is 3.91. The van der Waals surface area contributed by atoms with Crippen molar-refractivity contribution in [1.29, 1.82) is 0 Å². The number of aromatic nitrogens is 1. The number of nitrogens with two attached hydrogens (primary N) is 1. The molecule has 2 aliphatic rings. The lowest BCUT2D eigenvalue weighted by Crippen LogP contribution is -2.50. The van der Waals surface area contributed by atoms with E-state index in [0.717, 1.165) is 37.4 Å². The Bertz CT molecular complexity index is 379. The van der Waals surface area contributed by atoms with Crippen molar-refractivity contribution >= 4 is 12.4 Å². The quantitative estimate of drug-likeness (QED) is 0.712. The molecule has 0 bridgehead atoms. The van der Waals surface area contributed by atoms with Gasteiger partial charge >= 0.3 is 0 Å². The number of hydrogen-bond donors (Lipinski definition) is 2. The lowest BCUT2D eigenvalue weighted by atomic mass is 9.84. The van der Waals surface area contributed by atoms with E-state index in [4.69, 9.17) is 10.5 Å². The number of halogens is 1. The molecule has 0 aromatic carbocycles. The van der Waals surface area contributed by atoms with Crippen LogP contribution in [0.1, 0.15) is 24.4 Å². The summed E-state index contributed by atoms with van der Waals surface area (Å²) in [6.45, 7) is 1.95. The predicted molar refractivity (Wildman–Crippen MR) is 63.9 cm³/mol. The molecule has 1 fully saturated rings. The molecule has 0 radical (unpaired) electrons. The second-order valence-corrected chi connectivity index (χ2v) is 4.29. The van der Waals surface area contributed by atoms with Gasteiger partial charge in [-0.15, -0.1) is 12.4 Å². The first-order valence-corrected chi connectivity index (χ1v) is 5.42. The van der Waals surface area contributed by atoms with Crippen molar-refractivity contribution in [3.8, 4) is 5.88 Å². The molecule has 3 rings (SSSR count). The van der Waals surface area contributed by atoms with Gasteiger partial charge in [-0.1, -0.05) is 6.07 Å². The molecule has 5 heteroatoms. The fraction of sp³-hybridized carbons (Fsp3) is 0.545. The van der Waals surface area contributed by atoms with E-state index in [1.807, 2.05) is 12.1 Å². The van der Waals surface area contributed by atoms with Gasteiger partial charge in [0.15, 0.2) is 0 Å². The Balaban J connectivity index is 0.000000963. The SMILES string of the molecule is Cl.N[C@@H]1c2cccnc2OC12CCNCC2. The van der Waals surface area contributed by atoms with E-state index in [0.29, 0.717) is 0 Å². The smallest absolute Gasteiger partial charge is 0.218 e. The largest absolute Gasteiger partial charge is 0.469 e. The summed E-state index contributed by atoms with van der Waals surface area (Å²) < 4.78 is 5.97. The topological polar surface area (TPSA) is 60.2 Å². The highest BCUT2D eigenvalue weighted by Gasteiger charge is 2.47. The highest BCUT2D eigenvalue weighted by Crippen LogP contribution is 2.44. The second-order valence-electron chi connectivity index (χ2n) is 4.29. The summed E-state index contributed by atoms with van der Waals surface area (Å²) in [5, 5.41) is 3.33. The Morgan fingerprint density at radius 1 is 1.44 bits per heavy atom. The van der Waals surface area contributed by atoms with Crippen LogP contribution in [0.2, 0.25) is 0 Å². The van der Waals surface area contributed by atoms with E-state index < -0.39 is 0 Å². The molecule has 0 aliphatic carbocycles. The van der Waals surface area contributed by atoms with Crippen LogP contribution in [-0.2, 0) is 0 Å². The van der Waals surface area contributed by atoms with E-state index in [1.54, 1.807) is 6.20 Å². The van der Waals surface area contributed by atoms with Gasteiger partial charge in [-0.25, -0.2) is 4.98 Å². The van der Waals surface area contributed by atoms with Crippen LogP contribution < -0.4 is 15.8 Å². The first kappa shape index (κ1) is 11.6. The van der Waals surface area contributed by atoms with E-state index in [9.17, 15) is 0 Å². The lowest BCUT2D eigenvalue weighted by molar-refractivity contribution is 0.0337. The molecule has 1 atom stereocenters. The molecule has 3 N–H and O–H groups in total. The van der Waals surface area contributed by atoms with Gasteiger partial charge in [0.05, 0.1) is 6.04 Å². The molecule has 16 heavy (non-hydrogen) atoms. The normalized spacial score (nSPS) is 25.7. The maximum Gasteiger partial charge on any atom is 0.218 e. The van der Waals surface area contributed by atoms with Gasteiger partial charge in [0, 0.05) is 24.6 Å². The zero-order valence-electron chi connectivity index (χ0n) is 8.98. The average Bonchev–Trinajstić information content (AvgIpc) is 2.54. The fourth-order valence-electron chi connectivity index (χ4n) is 2.53. The van der Waals surface area contributed by atoms with Crippen molar-refractivity contribution in [2.24, 2.45) is 5.73 Å². The molecule has 2 aliphatic heterocycles. The van der Waals surface area contributed by atoms with Crippen molar-refractivity contribution < 1.29 is 4.74 Å². The van der Waals surface area contributed by atoms with E-state index in [2.05, 4.69) is 10.3 Å². The highest BCUT2D eigenvalue weighted by molar-refractivity contribution is 5.85. The summed E-state index contributed by atoms with van der Waals surface area (Å²) >= 11 is 0. The molecule has 1 spiro atoms. The van der Waals surface area contributed by atoms with Crippen LogP contribution in [0, 0.1) is 0 Å². The summed E-state index contributed by atoms with van der Waals surface area (Å²) in [5.74, 6) is 0.729. The second kappa shape index (κ2) is 4.20. The Morgan fingerprint density at radius 3 is 2.88 bits per heavy atom. The van der Waals surface area contributed by atoms with Gasteiger partial charge in [0.1, 0.15) is 5.60 Å². The third-order valence-corrected chi connectivity index (χ3v) is 3.45. The number of nitrogens with zero attached hydrogens (tertiary/aromatic N) is 1. The molecule has 0 unspecified atom stereocenters. The minimum Gasteiger partial charge on any atom is -0.469 e. The van der Waals surface area contributed by atoms with Crippen LogP contribution in [-0.4, -0.2) is 23.7 Å². The lowest BCUT2D eigenvalue weighted by Gasteiger charge is -2.36. The minimum atomic E-state index is -0.206. The number of hydrogen-bond acceptors (Lipinski definition) is 4. The van der Waals surface area contributed by atoms with Crippen LogP contribution in [0.15, 0.2) is 18.3 Å². The van der Waals surface area contributed by atoms with Gasteiger partial charge in [0.2, 0.25) is 5.88 Å². The average molecular weight is 242 g/mol. The summed E-state index contributed by atoms with van der Waals surface area (Å²) in [7, 11) is 0. The number of ether oxygens (including phenoxy) is 1. The molecule has 1 aromatic rings. The van der Waals surface area contributed by atoms with E-state index in [-0.39, 0.29) is 24.0 Å². The number of fused-ring (bicyclic) bond motifs is 1. The Morgan fingerprint density at radius 2 is 2.19 bits per heavy atom. The van der Waals surface area contributed by atoms with Crippen molar-refractivity contribution in [1.82, 2.24) is 10.3 Å². The highest BCUT2D eigenvalue weighted by atomic mass is 35.5. The van der Waals surface area contributed by atoms with Gasteiger partial charge in [-0.3, -0.25) is 0 Å². The third kappa shape index (κ3) is 1.57. The van der Waals surface area contributed by atoms with Gasteiger partial charge in [-0.2, -0.15) is 0 Å². The molecular formula is C11H16ClN3O. The summed E-state index contributed by atoms with van der Waals surface area (Å²) in [5.41, 5.74) is 7.11. The number of pyridine rings is 1. The van der Waals surface area contributed by atoms with Gasteiger partial charge in [0.25, 0.3) is 0 Å². The molecule has 0 saturated carbocycles. The maximum atomic E-state index is 6.26. The van der Waals surface area contributed by atoms with Crippen LogP contribution >= 0.6 is 12.4 Å². The van der Waals surface area contributed by atoms with Crippen LogP contribution in [0.25, 0.3) is 0 Å². The first-order valence-electron chi connectivity index (χ1n) is 5.42. The number of rotatable bonds is 0. The van der Waals surface area contributed by atoms with Gasteiger partial charge < -0.3 is 15.8 Å². The van der Waals surface area contributed by atoms with Crippen LogP contribution in [0.3, 0.4) is 0 Å². The van der Waals surface area contributed by atoms with Crippen molar-refractivity contribution in [2.75, 3.05) is 13.1 Å². The predicted octanol–water partition coefficient (Wildman–Crippen LogP) is 1.02. The molecule has 1 saturated heterocycles. The van der Waals surface area contributed by atoms with E-state index in [1.165, 1.54) is 0 Å². The molecule has 3 heterocycles.